The maximum Gasteiger partial charge on any atom is 0.387 e. The lowest BCUT2D eigenvalue weighted by Gasteiger charge is -2.22. The van der Waals surface area contributed by atoms with Gasteiger partial charge in [0, 0.05) is 31.9 Å². The molecule has 0 bridgehead atoms. The van der Waals surface area contributed by atoms with E-state index in [4.69, 9.17) is 0 Å². The number of guanidine groups is 1. The lowest BCUT2D eigenvalue weighted by atomic mass is 10.2. The number of alkyl halides is 2. The normalized spacial score (nSPS) is 16.4. The predicted molar refractivity (Wildman–Crippen MR) is 126 cm³/mol. The third-order valence-electron chi connectivity index (χ3n) is 4.80. The fraction of sp³-hybridized carbons (Fsp3) is 0.429. The quantitative estimate of drug-likeness (QED) is 0.322. The zero-order valence-corrected chi connectivity index (χ0v) is 19.5. The summed E-state index contributed by atoms with van der Waals surface area (Å²) in [5.74, 6) is 0.927. The van der Waals surface area contributed by atoms with E-state index in [9.17, 15) is 8.78 Å². The molecule has 1 aromatic carbocycles. The molecule has 2 aromatic rings. The molecule has 9 heteroatoms. The summed E-state index contributed by atoms with van der Waals surface area (Å²) in [6.07, 6.45) is 2.64. The van der Waals surface area contributed by atoms with Gasteiger partial charge < -0.3 is 20.3 Å². The fourth-order valence-corrected chi connectivity index (χ4v) is 3.36. The zero-order valence-electron chi connectivity index (χ0n) is 17.1. The molecule has 1 unspecified atom stereocenters. The van der Waals surface area contributed by atoms with Crippen LogP contribution in [0, 0.1) is 6.92 Å². The van der Waals surface area contributed by atoms with E-state index in [1.807, 2.05) is 38.1 Å². The number of ether oxygens (including phenoxy) is 1. The topological polar surface area (TPSA) is 61.8 Å². The van der Waals surface area contributed by atoms with E-state index in [0.717, 1.165) is 36.7 Å². The van der Waals surface area contributed by atoms with Crippen LogP contribution in [0.3, 0.4) is 0 Å². The second-order valence-corrected chi connectivity index (χ2v) is 6.88. The summed E-state index contributed by atoms with van der Waals surface area (Å²) >= 11 is 0. The van der Waals surface area contributed by atoms with Crippen LogP contribution in [-0.4, -0.2) is 43.2 Å². The van der Waals surface area contributed by atoms with Crippen molar-refractivity contribution >= 4 is 35.6 Å². The minimum atomic E-state index is -2.84. The van der Waals surface area contributed by atoms with Crippen LogP contribution in [0.15, 0.2) is 47.6 Å². The number of nitrogens with zero attached hydrogens (tertiary/aromatic N) is 3. The van der Waals surface area contributed by atoms with Gasteiger partial charge in [-0.25, -0.2) is 4.99 Å². The van der Waals surface area contributed by atoms with Crippen molar-refractivity contribution in [3.63, 3.8) is 0 Å². The van der Waals surface area contributed by atoms with Gasteiger partial charge in [0.15, 0.2) is 5.96 Å². The molecule has 2 heterocycles. The van der Waals surface area contributed by atoms with Gasteiger partial charge in [0.25, 0.3) is 0 Å². The molecule has 0 aliphatic carbocycles. The average Bonchev–Trinajstić information content (AvgIpc) is 3.15. The summed E-state index contributed by atoms with van der Waals surface area (Å²) in [4.78, 5) is 11.1. The van der Waals surface area contributed by atoms with E-state index in [-0.39, 0.29) is 35.8 Å². The first-order chi connectivity index (χ1) is 14.1. The summed E-state index contributed by atoms with van der Waals surface area (Å²) in [6.45, 7) is 3.86. The first kappa shape index (κ1) is 24.1. The Kier molecular flexibility index (Phi) is 9.54. The van der Waals surface area contributed by atoms with Gasteiger partial charge in [-0.1, -0.05) is 18.2 Å². The molecule has 6 nitrogen and oxygen atoms in total. The van der Waals surface area contributed by atoms with Crippen molar-refractivity contribution in [1.29, 1.82) is 0 Å². The highest BCUT2D eigenvalue weighted by Gasteiger charge is 2.26. The number of benzene rings is 1. The maximum absolute atomic E-state index is 12.7. The van der Waals surface area contributed by atoms with Crippen molar-refractivity contribution in [2.45, 2.75) is 39.5 Å². The third kappa shape index (κ3) is 6.68. The molecule has 0 amide bonds. The van der Waals surface area contributed by atoms with Crippen LogP contribution in [0.4, 0.5) is 14.5 Å². The van der Waals surface area contributed by atoms with Crippen LogP contribution >= 0.6 is 24.0 Å². The summed E-state index contributed by atoms with van der Waals surface area (Å²) in [7, 11) is 0. The molecule has 1 saturated heterocycles. The summed E-state index contributed by atoms with van der Waals surface area (Å²) in [5.41, 5.74) is 2.73. The predicted octanol–water partition coefficient (Wildman–Crippen LogP) is 3.94. The van der Waals surface area contributed by atoms with Crippen LogP contribution in [0.1, 0.15) is 24.6 Å². The van der Waals surface area contributed by atoms with E-state index < -0.39 is 6.61 Å². The molecule has 164 valence electrons. The number of aryl methyl sites for hydroxylation is 1. The van der Waals surface area contributed by atoms with Gasteiger partial charge in [-0.3, -0.25) is 4.98 Å². The molecule has 0 radical (unpaired) electrons. The number of halogens is 3. The minimum absolute atomic E-state index is 0. The van der Waals surface area contributed by atoms with E-state index in [2.05, 4.69) is 30.2 Å². The Labute approximate surface area is 193 Å². The first-order valence-electron chi connectivity index (χ1n) is 9.81. The lowest BCUT2D eigenvalue weighted by Crippen LogP contribution is -2.44. The van der Waals surface area contributed by atoms with E-state index in [1.54, 1.807) is 18.3 Å². The Balaban J connectivity index is 0.00000320. The van der Waals surface area contributed by atoms with Gasteiger partial charge in [-0.05, 0) is 44.0 Å². The highest BCUT2D eigenvalue weighted by atomic mass is 127. The average molecular weight is 531 g/mol. The number of rotatable bonds is 7. The molecular weight excluding hydrogens is 503 g/mol. The van der Waals surface area contributed by atoms with Gasteiger partial charge in [-0.2, -0.15) is 8.78 Å². The van der Waals surface area contributed by atoms with Gasteiger partial charge in [0.2, 0.25) is 0 Å². The molecule has 1 atom stereocenters. The Morgan fingerprint density at radius 3 is 2.83 bits per heavy atom. The summed E-state index contributed by atoms with van der Waals surface area (Å²) < 4.78 is 30.1. The number of aromatic nitrogens is 1. The standard InChI is InChI=1S/C21H27F2N5O.HI/c1-3-24-21(26-13-17-15(2)7-6-11-25-17)27-16-10-12-28(14-16)18-8-4-5-9-19(18)29-20(22)23;/h4-9,11,16,20H,3,10,12-14H2,1-2H3,(H2,24,26,27);1H. The summed E-state index contributed by atoms with van der Waals surface area (Å²) in [5, 5.41) is 6.71. The molecular formula is C21H28F2IN5O. The zero-order chi connectivity index (χ0) is 20.6. The van der Waals surface area contributed by atoms with E-state index in [0.29, 0.717) is 18.8 Å². The SMILES string of the molecule is CCNC(=NCc1ncccc1C)NC1CCN(c2ccccc2OC(F)F)C1.I. The van der Waals surface area contributed by atoms with Crippen molar-refractivity contribution < 1.29 is 13.5 Å². The number of aliphatic imine (C=N–C) groups is 1. The molecule has 1 aliphatic heterocycles. The fourth-order valence-electron chi connectivity index (χ4n) is 3.36. The molecule has 1 aliphatic rings. The van der Waals surface area contributed by atoms with Crippen molar-refractivity contribution in [1.82, 2.24) is 15.6 Å². The molecule has 3 rings (SSSR count). The molecule has 1 fully saturated rings. The van der Waals surface area contributed by atoms with Crippen LogP contribution < -0.4 is 20.3 Å². The number of hydrogen-bond acceptors (Lipinski definition) is 4. The Hall–Kier alpha value is -2.17. The van der Waals surface area contributed by atoms with Crippen molar-refractivity contribution in [2.24, 2.45) is 4.99 Å². The molecule has 2 N–H and O–H groups in total. The van der Waals surface area contributed by atoms with Crippen molar-refractivity contribution in [3.8, 4) is 5.75 Å². The smallest absolute Gasteiger partial charge is 0.387 e. The van der Waals surface area contributed by atoms with Crippen molar-refractivity contribution in [2.75, 3.05) is 24.5 Å². The van der Waals surface area contributed by atoms with E-state index in [1.165, 1.54) is 0 Å². The first-order valence-corrected chi connectivity index (χ1v) is 9.81. The van der Waals surface area contributed by atoms with Gasteiger partial charge >= 0.3 is 6.61 Å². The van der Waals surface area contributed by atoms with Crippen LogP contribution in [0.2, 0.25) is 0 Å². The third-order valence-corrected chi connectivity index (χ3v) is 4.80. The van der Waals surface area contributed by atoms with Gasteiger partial charge in [-0.15, -0.1) is 24.0 Å². The maximum atomic E-state index is 12.7. The number of anilines is 1. The second-order valence-electron chi connectivity index (χ2n) is 6.88. The van der Waals surface area contributed by atoms with Gasteiger partial charge in [0.05, 0.1) is 17.9 Å². The largest absolute Gasteiger partial charge is 0.433 e. The number of para-hydroxylation sites is 2. The van der Waals surface area contributed by atoms with E-state index >= 15 is 0 Å². The molecule has 1 aromatic heterocycles. The number of hydrogen-bond donors (Lipinski definition) is 2. The highest BCUT2D eigenvalue weighted by molar-refractivity contribution is 14.0. The molecule has 0 spiro atoms. The van der Waals surface area contributed by atoms with Gasteiger partial charge in [0.1, 0.15) is 5.75 Å². The Morgan fingerprint density at radius 2 is 2.10 bits per heavy atom. The minimum Gasteiger partial charge on any atom is -0.433 e. The Bertz CT molecular complexity index is 837. The van der Waals surface area contributed by atoms with Crippen LogP contribution in [0.25, 0.3) is 0 Å². The number of pyridine rings is 1. The van der Waals surface area contributed by atoms with Crippen LogP contribution in [0.5, 0.6) is 5.75 Å². The second kappa shape index (κ2) is 11.9. The van der Waals surface area contributed by atoms with Crippen molar-refractivity contribution in [3.05, 3.63) is 53.9 Å². The number of nitrogens with one attached hydrogen (secondary N) is 2. The summed E-state index contributed by atoms with van der Waals surface area (Å²) in [6, 6.07) is 11.0. The van der Waals surface area contributed by atoms with Crippen LogP contribution in [-0.2, 0) is 6.54 Å². The molecule has 30 heavy (non-hydrogen) atoms. The molecule has 0 saturated carbocycles. The lowest BCUT2D eigenvalue weighted by molar-refractivity contribution is -0.0495. The highest BCUT2D eigenvalue weighted by Crippen LogP contribution is 2.31. The monoisotopic (exact) mass is 531 g/mol. The Morgan fingerprint density at radius 1 is 1.30 bits per heavy atom.